The zero-order chi connectivity index (χ0) is 17.7. The van der Waals surface area contributed by atoms with E-state index in [9.17, 15) is 0 Å². The van der Waals surface area contributed by atoms with E-state index in [1.54, 1.807) is 6.26 Å². The molecular formula is C20H13ClN4O. The van der Waals surface area contributed by atoms with Crippen molar-refractivity contribution in [3.63, 3.8) is 0 Å². The maximum Gasteiger partial charge on any atom is 0.199 e. The van der Waals surface area contributed by atoms with Gasteiger partial charge < -0.3 is 4.42 Å². The summed E-state index contributed by atoms with van der Waals surface area (Å²) in [6.45, 7) is 2.03. The molecule has 0 aliphatic heterocycles. The van der Waals surface area contributed by atoms with E-state index in [1.165, 1.54) is 0 Å². The summed E-state index contributed by atoms with van der Waals surface area (Å²) in [6, 6.07) is 17.2. The van der Waals surface area contributed by atoms with Crippen LogP contribution in [-0.2, 0) is 0 Å². The second-order valence-electron chi connectivity index (χ2n) is 6.04. The van der Waals surface area contributed by atoms with Crippen molar-refractivity contribution < 1.29 is 4.42 Å². The van der Waals surface area contributed by atoms with Crippen LogP contribution in [0.3, 0.4) is 0 Å². The highest BCUT2D eigenvalue weighted by Gasteiger charge is 2.20. The standard InChI is InChI=1S/C20H13ClN4O/c1-12-8-9-13(21)11-16(12)25-19(17-7-4-10-26-17)24-18-20(25)23-15-6-3-2-5-14(15)22-18/h2-11H,1H3. The number of furan rings is 1. The third kappa shape index (κ3) is 2.29. The van der Waals surface area contributed by atoms with E-state index in [1.807, 2.05) is 66.1 Å². The maximum absolute atomic E-state index is 6.26. The van der Waals surface area contributed by atoms with Crippen molar-refractivity contribution in [3.05, 3.63) is 71.4 Å². The monoisotopic (exact) mass is 360 g/mol. The molecule has 5 rings (SSSR count). The van der Waals surface area contributed by atoms with Gasteiger partial charge in [0.15, 0.2) is 22.9 Å². The van der Waals surface area contributed by atoms with Crippen molar-refractivity contribution in [1.29, 1.82) is 0 Å². The highest BCUT2D eigenvalue weighted by Crippen LogP contribution is 2.31. The molecule has 0 amide bonds. The molecule has 2 aromatic carbocycles. The first-order valence-electron chi connectivity index (χ1n) is 8.16. The van der Waals surface area contributed by atoms with Crippen LogP contribution in [0, 0.1) is 6.92 Å². The minimum Gasteiger partial charge on any atom is -0.461 e. The normalized spacial score (nSPS) is 11.5. The van der Waals surface area contributed by atoms with Gasteiger partial charge >= 0.3 is 0 Å². The Morgan fingerprint density at radius 2 is 1.73 bits per heavy atom. The van der Waals surface area contributed by atoms with Crippen molar-refractivity contribution in [2.24, 2.45) is 0 Å². The molecule has 5 nitrogen and oxygen atoms in total. The molecule has 0 atom stereocenters. The lowest BCUT2D eigenvalue weighted by molar-refractivity contribution is 0.576. The largest absolute Gasteiger partial charge is 0.461 e. The van der Waals surface area contributed by atoms with Crippen molar-refractivity contribution in [2.45, 2.75) is 6.92 Å². The number of hydrogen-bond donors (Lipinski definition) is 0. The molecule has 0 aliphatic carbocycles. The van der Waals surface area contributed by atoms with Crippen molar-refractivity contribution in [3.8, 4) is 17.3 Å². The first kappa shape index (κ1) is 15.1. The molecule has 0 spiro atoms. The fourth-order valence-corrected chi connectivity index (χ4v) is 3.25. The maximum atomic E-state index is 6.26. The summed E-state index contributed by atoms with van der Waals surface area (Å²) in [7, 11) is 0. The molecule has 0 unspecified atom stereocenters. The Bertz CT molecular complexity index is 1260. The lowest BCUT2D eigenvalue weighted by atomic mass is 10.2. The van der Waals surface area contributed by atoms with Gasteiger partial charge in [-0.05, 0) is 48.9 Å². The average molecular weight is 361 g/mol. The Hall–Kier alpha value is -3.18. The van der Waals surface area contributed by atoms with E-state index < -0.39 is 0 Å². The van der Waals surface area contributed by atoms with E-state index in [4.69, 9.17) is 26.0 Å². The third-order valence-corrected chi connectivity index (χ3v) is 4.56. The quantitative estimate of drug-likeness (QED) is 0.434. The number of benzene rings is 2. The number of imidazole rings is 1. The van der Waals surface area contributed by atoms with E-state index >= 15 is 0 Å². The highest BCUT2D eigenvalue weighted by atomic mass is 35.5. The van der Waals surface area contributed by atoms with Gasteiger partial charge in [0.2, 0.25) is 0 Å². The second-order valence-corrected chi connectivity index (χ2v) is 6.47. The van der Waals surface area contributed by atoms with Crippen LogP contribution >= 0.6 is 11.6 Å². The summed E-state index contributed by atoms with van der Waals surface area (Å²) in [4.78, 5) is 14.2. The number of fused-ring (bicyclic) bond motifs is 2. The molecule has 5 aromatic rings. The molecular weight excluding hydrogens is 348 g/mol. The lowest BCUT2D eigenvalue weighted by Crippen LogP contribution is -2.01. The predicted octanol–water partition coefficient (Wildman–Crippen LogP) is 5.19. The van der Waals surface area contributed by atoms with Crippen LogP contribution in [-0.4, -0.2) is 19.5 Å². The molecule has 0 saturated carbocycles. The fraction of sp³-hybridized carbons (Fsp3) is 0.0500. The molecule has 3 aromatic heterocycles. The second kappa shape index (κ2) is 5.68. The summed E-state index contributed by atoms with van der Waals surface area (Å²) < 4.78 is 7.56. The van der Waals surface area contributed by atoms with Gasteiger partial charge in [-0.15, -0.1) is 0 Å². The van der Waals surface area contributed by atoms with Gasteiger partial charge in [-0.3, -0.25) is 4.57 Å². The smallest absolute Gasteiger partial charge is 0.199 e. The van der Waals surface area contributed by atoms with Crippen LogP contribution < -0.4 is 0 Å². The van der Waals surface area contributed by atoms with Crippen LogP contribution in [0.1, 0.15) is 5.56 Å². The van der Waals surface area contributed by atoms with Gasteiger partial charge in [0, 0.05) is 5.02 Å². The molecule has 0 aliphatic rings. The van der Waals surface area contributed by atoms with Gasteiger partial charge in [0.1, 0.15) is 0 Å². The van der Waals surface area contributed by atoms with Gasteiger partial charge in [-0.2, -0.15) is 0 Å². The van der Waals surface area contributed by atoms with Crippen LogP contribution in [0.5, 0.6) is 0 Å². The fourth-order valence-electron chi connectivity index (χ4n) is 3.08. The highest BCUT2D eigenvalue weighted by molar-refractivity contribution is 6.30. The average Bonchev–Trinajstić information content (AvgIpc) is 3.29. The van der Waals surface area contributed by atoms with Crippen LogP contribution in [0.4, 0.5) is 0 Å². The van der Waals surface area contributed by atoms with Gasteiger partial charge in [-0.1, -0.05) is 29.8 Å². The molecule has 126 valence electrons. The number of aryl methyl sites for hydroxylation is 1. The van der Waals surface area contributed by atoms with Crippen molar-refractivity contribution in [2.75, 3.05) is 0 Å². The van der Waals surface area contributed by atoms with Gasteiger partial charge in [0.25, 0.3) is 0 Å². The summed E-state index contributed by atoms with van der Waals surface area (Å²) in [6.07, 6.45) is 1.63. The van der Waals surface area contributed by atoms with Crippen molar-refractivity contribution in [1.82, 2.24) is 19.5 Å². The first-order valence-corrected chi connectivity index (χ1v) is 8.54. The molecule has 0 radical (unpaired) electrons. The number of nitrogens with zero attached hydrogens (tertiary/aromatic N) is 4. The van der Waals surface area contributed by atoms with Crippen LogP contribution in [0.25, 0.3) is 39.6 Å². The van der Waals surface area contributed by atoms with E-state index in [0.717, 1.165) is 22.3 Å². The van der Waals surface area contributed by atoms with Crippen LogP contribution in [0.15, 0.2) is 65.3 Å². The zero-order valence-corrected chi connectivity index (χ0v) is 14.6. The van der Waals surface area contributed by atoms with E-state index in [0.29, 0.717) is 27.9 Å². The molecule has 0 fully saturated rings. The molecule has 26 heavy (non-hydrogen) atoms. The molecule has 6 heteroatoms. The number of rotatable bonds is 2. The summed E-state index contributed by atoms with van der Waals surface area (Å²) in [5, 5.41) is 0.645. The first-order chi connectivity index (χ1) is 12.7. The minimum atomic E-state index is 0.564. The number of halogens is 1. The lowest BCUT2D eigenvalue weighted by Gasteiger charge is -2.11. The number of para-hydroxylation sites is 2. The predicted molar refractivity (Wildman–Crippen MR) is 102 cm³/mol. The summed E-state index contributed by atoms with van der Waals surface area (Å²) in [5.74, 6) is 1.29. The Balaban J connectivity index is 1.93. The van der Waals surface area contributed by atoms with E-state index in [-0.39, 0.29) is 0 Å². The Morgan fingerprint density at radius 1 is 0.923 bits per heavy atom. The number of hydrogen-bond acceptors (Lipinski definition) is 4. The Labute approximate surface area is 153 Å². The third-order valence-electron chi connectivity index (χ3n) is 4.32. The van der Waals surface area contributed by atoms with Crippen molar-refractivity contribution >= 4 is 33.9 Å². The number of aromatic nitrogens is 4. The SMILES string of the molecule is Cc1ccc(Cl)cc1-n1c(-c2ccco2)nc2nc3ccccc3nc21. The topological polar surface area (TPSA) is 56.7 Å². The van der Waals surface area contributed by atoms with Gasteiger partial charge in [0.05, 0.1) is 23.0 Å². The molecule has 3 heterocycles. The summed E-state index contributed by atoms with van der Waals surface area (Å²) in [5.41, 5.74) is 4.80. The molecule has 0 N–H and O–H groups in total. The summed E-state index contributed by atoms with van der Waals surface area (Å²) >= 11 is 6.26. The zero-order valence-electron chi connectivity index (χ0n) is 13.8. The molecule has 0 bridgehead atoms. The molecule has 0 saturated heterocycles. The van der Waals surface area contributed by atoms with E-state index in [2.05, 4.69) is 4.98 Å². The van der Waals surface area contributed by atoms with Crippen LogP contribution in [0.2, 0.25) is 5.02 Å². The Morgan fingerprint density at radius 3 is 2.50 bits per heavy atom. The van der Waals surface area contributed by atoms with Gasteiger partial charge in [-0.25, -0.2) is 15.0 Å². The Kier molecular flexibility index (Phi) is 3.30. The minimum absolute atomic E-state index is 0.564.